The van der Waals surface area contributed by atoms with Crippen molar-refractivity contribution in [1.29, 1.82) is 0 Å². The molecule has 0 saturated carbocycles. The van der Waals surface area contributed by atoms with Gasteiger partial charge in [0, 0.05) is 30.6 Å². The minimum absolute atomic E-state index is 0.00235. The normalized spacial score (nSPS) is 10.5. The fourth-order valence-electron chi connectivity index (χ4n) is 1.65. The number of halogens is 4. The van der Waals surface area contributed by atoms with E-state index >= 15 is 0 Å². The van der Waals surface area contributed by atoms with Gasteiger partial charge in [0.1, 0.15) is 0 Å². The molecule has 9 heteroatoms. The van der Waals surface area contributed by atoms with Crippen LogP contribution >= 0.6 is 0 Å². The zero-order valence-electron chi connectivity index (χ0n) is 11.5. The van der Waals surface area contributed by atoms with Gasteiger partial charge < -0.3 is 15.4 Å². The Morgan fingerprint density at radius 1 is 1.17 bits per heavy atom. The predicted octanol–water partition coefficient (Wildman–Crippen LogP) is 3.28. The van der Waals surface area contributed by atoms with Gasteiger partial charge in [-0.2, -0.15) is 8.78 Å². The molecule has 122 valence electrons. The molecule has 1 aromatic heterocycles. The van der Waals surface area contributed by atoms with Gasteiger partial charge in [0.05, 0.1) is 0 Å². The number of amides is 2. The standard InChI is InChI=1S/C14H11F4N3O2/c15-10-2-1-9(6-11(10)16)21-14(22)20-7-8-3-4-19-12(5-8)23-13(17)18/h1-6,13H,7H2,(H2,20,21,22). The zero-order valence-corrected chi connectivity index (χ0v) is 11.5. The van der Waals surface area contributed by atoms with Crippen LogP contribution in [0.2, 0.25) is 0 Å². The molecule has 2 rings (SSSR count). The van der Waals surface area contributed by atoms with E-state index in [1.807, 2.05) is 0 Å². The van der Waals surface area contributed by atoms with Crippen LogP contribution in [0, 0.1) is 11.6 Å². The van der Waals surface area contributed by atoms with E-state index in [-0.39, 0.29) is 18.1 Å². The summed E-state index contributed by atoms with van der Waals surface area (Å²) in [5.41, 5.74) is 0.536. The summed E-state index contributed by atoms with van der Waals surface area (Å²) in [4.78, 5) is 15.2. The number of anilines is 1. The molecule has 0 spiro atoms. The lowest BCUT2D eigenvalue weighted by Crippen LogP contribution is -2.28. The van der Waals surface area contributed by atoms with E-state index in [2.05, 4.69) is 20.4 Å². The minimum atomic E-state index is -3.00. The lowest BCUT2D eigenvalue weighted by atomic mass is 10.2. The molecule has 0 aliphatic carbocycles. The van der Waals surface area contributed by atoms with Crippen molar-refractivity contribution in [3.05, 3.63) is 53.7 Å². The van der Waals surface area contributed by atoms with Crippen LogP contribution in [0.4, 0.5) is 28.0 Å². The molecule has 0 bridgehead atoms. The molecule has 1 heterocycles. The first-order valence-corrected chi connectivity index (χ1v) is 6.33. The fourth-order valence-corrected chi connectivity index (χ4v) is 1.65. The number of alkyl halides is 2. The Balaban J connectivity index is 1.90. The summed E-state index contributed by atoms with van der Waals surface area (Å²) in [7, 11) is 0. The number of rotatable bonds is 5. The number of benzene rings is 1. The largest absolute Gasteiger partial charge is 0.417 e. The maximum Gasteiger partial charge on any atom is 0.388 e. The molecule has 0 radical (unpaired) electrons. The lowest BCUT2D eigenvalue weighted by molar-refractivity contribution is -0.0529. The third-order valence-corrected chi connectivity index (χ3v) is 2.64. The average Bonchev–Trinajstić information content (AvgIpc) is 2.49. The average molecular weight is 329 g/mol. The third-order valence-electron chi connectivity index (χ3n) is 2.64. The zero-order chi connectivity index (χ0) is 16.8. The van der Waals surface area contributed by atoms with E-state index in [4.69, 9.17) is 0 Å². The van der Waals surface area contributed by atoms with Gasteiger partial charge in [-0.3, -0.25) is 0 Å². The Morgan fingerprint density at radius 3 is 2.65 bits per heavy atom. The van der Waals surface area contributed by atoms with Crippen molar-refractivity contribution in [2.75, 3.05) is 5.32 Å². The summed E-state index contributed by atoms with van der Waals surface area (Å²) in [6, 6.07) is 4.96. The van der Waals surface area contributed by atoms with Gasteiger partial charge in [-0.1, -0.05) is 0 Å². The molecule has 23 heavy (non-hydrogen) atoms. The van der Waals surface area contributed by atoms with Crippen LogP contribution in [-0.4, -0.2) is 17.6 Å². The second-order valence-corrected chi connectivity index (χ2v) is 4.32. The number of pyridine rings is 1. The van der Waals surface area contributed by atoms with E-state index in [9.17, 15) is 22.4 Å². The van der Waals surface area contributed by atoms with Gasteiger partial charge in [-0.25, -0.2) is 18.6 Å². The topological polar surface area (TPSA) is 63.2 Å². The van der Waals surface area contributed by atoms with Crippen molar-refractivity contribution >= 4 is 11.7 Å². The molecular formula is C14H11F4N3O2. The molecule has 5 nitrogen and oxygen atoms in total. The van der Waals surface area contributed by atoms with Crippen LogP contribution in [0.15, 0.2) is 36.5 Å². The molecule has 1 aromatic carbocycles. The first-order chi connectivity index (χ1) is 10.9. The van der Waals surface area contributed by atoms with Gasteiger partial charge >= 0.3 is 12.6 Å². The van der Waals surface area contributed by atoms with Crippen molar-refractivity contribution in [3.63, 3.8) is 0 Å². The summed E-state index contributed by atoms with van der Waals surface area (Å²) < 4.78 is 54.0. The van der Waals surface area contributed by atoms with Crippen LogP contribution in [0.1, 0.15) is 5.56 Å². The van der Waals surface area contributed by atoms with Crippen molar-refractivity contribution in [1.82, 2.24) is 10.3 Å². The maximum absolute atomic E-state index is 13.0. The van der Waals surface area contributed by atoms with Crippen LogP contribution in [0.5, 0.6) is 5.88 Å². The quantitative estimate of drug-likeness (QED) is 0.828. The predicted molar refractivity (Wildman–Crippen MR) is 73.1 cm³/mol. The molecule has 0 fully saturated rings. The highest BCUT2D eigenvalue weighted by molar-refractivity contribution is 5.89. The smallest absolute Gasteiger partial charge is 0.388 e. The highest BCUT2D eigenvalue weighted by Gasteiger charge is 2.08. The van der Waals surface area contributed by atoms with E-state index in [0.29, 0.717) is 5.56 Å². The number of hydrogen-bond acceptors (Lipinski definition) is 3. The van der Waals surface area contributed by atoms with Gasteiger partial charge in [-0.15, -0.1) is 0 Å². The molecule has 2 aromatic rings. The lowest BCUT2D eigenvalue weighted by Gasteiger charge is -2.09. The molecular weight excluding hydrogens is 318 g/mol. The van der Waals surface area contributed by atoms with Crippen LogP contribution in [0.3, 0.4) is 0 Å². The van der Waals surface area contributed by atoms with Gasteiger partial charge in [0.25, 0.3) is 0 Å². The van der Waals surface area contributed by atoms with Crippen LogP contribution in [0.25, 0.3) is 0 Å². The molecule has 0 aliphatic heterocycles. The Hall–Kier alpha value is -2.84. The van der Waals surface area contributed by atoms with E-state index in [0.717, 1.165) is 12.1 Å². The second-order valence-electron chi connectivity index (χ2n) is 4.32. The van der Waals surface area contributed by atoms with E-state index in [1.54, 1.807) is 0 Å². The first-order valence-electron chi connectivity index (χ1n) is 6.33. The first kappa shape index (κ1) is 16.5. The molecule has 0 atom stereocenters. The highest BCUT2D eigenvalue weighted by Crippen LogP contribution is 2.14. The fraction of sp³-hybridized carbons (Fsp3) is 0.143. The molecule has 2 N–H and O–H groups in total. The Kier molecular flexibility index (Phi) is 5.34. The summed E-state index contributed by atoms with van der Waals surface area (Å²) in [5.74, 6) is -2.40. The number of nitrogens with one attached hydrogen (secondary N) is 2. The number of ether oxygens (including phenoxy) is 1. The maximum atomic E-state index is 13.0. The summed E-state index contributed by atoms with van der Waals surface area (Å²) in [6.07, 6.45) is 1.25. The van der Waals surface area contributed by atoms with Crippen LogP contribution in [-0.2, 0) is 6.54 Å². The number of carbonyl (C=O) groups is 1. The summed E-state index contributed by atoms with van der Waals surface area (Å²) >= 11 is 0. The van der Waals surface area contributed by atoms with Gasteiger partial charge in [0.15, 0.2) is 11.6 Å². The number of aromatic nitrogens is 1. The highest BCUT2D eigenvalue weighted by atomic mass is 19.3. The van der Waals surface area contributed by atoms with Crippen molar-refractivity contribution in [3.8, 4) is 5.88 Å². The summed E-state index contributed by atoms with van der Waals surface area (Å²) in [5, 5.41) is 4.73. The van der Waals surface area contributed by atoms with Gasteiger partial charge in [-0.05, 0) is 23.8 Å². The number of urea groups is 1. The molecule has 2 amide bonds. The number of nitrogens with zero attached hydrogens (tertiary/aromatic N) is 1. The third kappa shape index (κ3) is 5.13. The van der Waals surface area contributed by atoms with E-state index < -0.39 is 24.3 Å². The van der Waals surface area contributed by atoms with Crippen molar-refractivity contribution in [2.24, 2.45) is 0 Å². The second kappa shape index (κ2) is 7.43. The Bertz CT molecular complexity index is 697. The monoisotopic (exact) mass is 329 g/mol. The minimum Gasteiger partial charge on any atom is -0.417 e. The SMILES string of the molecule is O=C(NCc1ccnc(OC(F)F)c1)Nc1ccc(F)c(F)c1. The molecule has 0 aliphatic rings. The van der Waals surface area contributed by atoms with Crippen molar-refractivity contribution in [2.45, 2.75) is 13.2 Å². The number of hydrogen-bond donors (Lipinski definition) is 2. The van der Waals surface area contributed by atoms with E-state index in [1.165, 1.54) is 24.4 Å². The van der Waals surface area contributed by atoms with Crippen molar-refractivity contribution < 1.29 is 27.1 Å². The Morgan fingerprint density at radius 2 is 1.96 bits per heavy atom. The van der Waals surface area contributed by atoms with Gasteiger partial charge in [0.2, 0.25) is 5.88 Å². The summed E-state index contributed by atoms with van der Waals surface area (Å²) in [6.45, 7) is -3.00. The molecule has 0 unspecified atom stereocenters. The molecule has 0 saturated heterocycles. The Labute approximate surface area is 128 Å². The van der Waals surface area contributed by atoms with Crippen LogP contribution < -0.4 is 15.4 Å². The number of carbonyl (C=O) groups excluding carboxylic acids is 1.